The standard InChI is InChI=1S/C18H26N2O3S/c1-24(23)14-16(15-9-5-4-6-10-15)19-17(21)13-20-12-8-3-2-7-11-18(20)22/h4-6,9-10,16H,2-3,7-8,11-14H2,1H3,(H,19,21)/t16-,24+/m0/s1. The van der Waals surface area contributed by atoms with Crippen molar-refractivity contribution in [1.29, 1.82) is 0 Å². The highest BCUT2D eigenvalue weighted by atomic mass is 32.2. The van der Waals surface area contributed by atoms with Crippen LogP contribution in [0.25, 0.3) is 0 Å². The summed E-state index contributed by atoms with van der Waals surface area (Å²) < 4.78 is 11.6. The van der Waals surface area contributed by atoms with Gasteiger partial charge in [-0.2, -0.15) is 0 Å². The molecule has 0 unspecified atom stereocenters. The quantitative estimate of drug-likeness (QED) is 0.853. The molecule has 2 rings (SSSR count). The van der Waals surface area contributed by atoms with Crippen LogP contribution in [0.5, 0.6) is 0 Å². The van der Waals surface area contributed by atoms with E-state index in [1.165, 1.54) is 0 Å². The average molecular weight is 350 g/mol. The summed E-state index contributed by atoms with van der Waals surface area (Å²) in [4.78, 5) is 26.2. The maximum atomic E-state index is 12.4. The number of likely N-dealkylation sites (tertiary alicyclic amines) is 1. The minimum atomic E-state index is -1.03. The Balaban J connectivity index is 1.98. The van der Waals surface area contributed by atoms with Gasteiger partial charge < -0.3 is 10.2 Å². The number of hydrogen-bond donors (Lipinski definition) is 1. The molecule has 1 aromatic carbocycles. The normalized spacial score (nSPS) is 18.4. The van der Waals surface area contributed by atoms with Crippen molar-refractivity contribution in [1.82, 2.24) is 10.2 Å². The largest absolute Gasteiger partial charge is 0.347 e. The Morgan fingerprint density at radius 3 is 2.62 bits per heavy atom. The van der Waals surface area contributed by atoms with Crippen LogP contribution in [-0.4, -0.2) is 46.0 Å². The summed E-state index contributed by atoms with van der Waals surface area (Å²) in [6.07, 6.45) is 6.19. The topological polar surface area (TPSA) is 66.5 Å². The molecule has 5 nitrogen and oxygen atoms in total. The monoisotopic (exact) mass is 350 g/mol. The summed E-state index contributed by atoms with van der Waals surface area (Å²) in [5.74, 6) is 0.229. The Kier molecular flexibility index (Phi) is 7.43. The van der Waals surface area contributed by atoms with Gasteiger partial charge in [0.25, 0.3) is 0 Å². The molecule has 2 atom stereocenters. The summed E-state index contributed by atoms with van der Waals surface area (Å²) in [7, 11) is -1.03. The number of amides is 2. The molecule has 1 aromatic rings. The minimum absolute atomic E-state index is 0.0557. The average Bonchev–Trinajstić information content (AvgIpc) is 2.54. The van der Waals surface area contributed by atoms with Crippen LogP contribution < -0.4 is 5.32 Å². The molecule has 24 heavy (non-hydrogen) atoms. The molecule has 0 bridgehead atoms. The molecule has 0 radical (unpaired) electrons. The molecule has 1 N–H and O–H groups in total. The second-order valence-corrected chi connectivity index (χ2v) is 7.73. The highest BCUT2D eigenvalue weighted by Crippen LogP contribution is 2.15. The van der Waals surface area contributed by atoms with Crippen LogP contribution in [0.15, 0.2) is 30.3 Å². The van der Waals surface area contributed by atoms with E-state index in [1.54, 1.807) is 11.2 Å². The van der Waals surface area contributed by atoms with Crippen LogP contribution >= 0.6 is 0 Å². The first-order valence-electron chi connectivity index (χ1n) is 8.48. The Morgan fingerprint density at radius 1 is 1.21 bits per heavy atom. The third kappa shape index (κ3) is 6.07. The van der Waals surface area contributed by atoms with Gasteiger partial charge in [0, 0.05) is 35.8 Å². The molecule has 0 saturated carbocycles. The highest BCUT2D eigenvalue weighted by molar-refractivity contribution is 7.84. The number of carbonyl (C=O) groups is 2. The molecular formula is C18H26N2O3S. The van der Waals surface area contributed by atoms with Crippen LogP contribution in [0.3, 0.4) is 0 Å². The summed E-state index contributed by atoms with van der Waals surface area (Å²) >= 11 is 0. The van der Waals surface area contributed by atoms with Crippen LogP contribution in [-0.2, 0) is 20.4 Å². The van der Waals surface area contributed by atoms with Crippen LogP contribution in [0.2, 0.25) is 0 Å². The zero-order chi connectivity index (χ0) is 17.4. The third-order valence-corrected chi connectivity index (χ3v) is 5.00. The van der Waals surface area contributed by atoms with E-state index < -0.39 is 10.8 Å². The van der Waals surface area contributed by atoms with Gasteiger partial charge in [-0.05, 0) is 18.4 Å². The van der Waals surface area contributed by atoms with E-state index >= 15 is 0 Å². The number of nitrogens with zero attached hydrogens (tertiary/aromatic N) is 1. The third-order valence-electron chi connectivity index (χ3n) is 4.19. The van der Waals surface area contributed by atoms with Crippen molar-refractivity contribution in [3.8, 4) is 0 Å². The van der Waals surface area contributed by atoms with E-state index in [1.807, 2.05) is 30.3 Å². The molecule has 2 amide bonds. The Labute approximate surface area is 146 Å². The Hall–Kier alpha value is -1.69. The second kappa shape index (κ2) is 9.57. The molecular weight excluding hydrogens is 324 g/mol. The minimum Gasteiger partial charge on any atom is -0.347 e. The number of carbonyl (C=O) groups excluding carboxylic acids is 2. The van der Waals surface area contributed by atoms with Gasteiger partial charge in [0.15, 0.2) is 0 Å². The predicted octanol–water partition coefficient (Wildman–Crippen LogP) is 2.02. The number of nitrogens with one attached hydrogen (secondary N) is 1. The lowest BCUT2D eigenvalue weighted by Crippen LogP contribution is -2.43. The molecule has 1 saturated heterocycles. The van der Waals surface area contributed by atoms with Crippen LogP contribution in [0, 0.1) is 0 Å². The maximum Gasteiger partial charge on any atom is 0.240 e. The van der Waals surface area contributed by atoms with Gasteiger partial charge in [-0.3, -0.25) is 13.8 Å². The van der Waals surface area contributed by atoms with Crippen molar-refractivity contribution in [3.05, 3.63) is 35.9 Å². The van der Waals surface area contributed by atoms with Gasteiger partial charge >= 0.3 is 0 Å². The fraction of sp³-hybridized carbons (Fsp3) is 0.556. The molecule has 1 fully saturated rings. The molecule has 0 aromatic heterocycles. The lowest BCUT2D eigenvalue weighted by Gasteiger charge is -2.26. The molecule has 6 heteroatoms. The van der Waals surface area contributed by atoms with Crippen molar-refractivity contribution in [2.75, 3.05) is 25.1 Å². The van der Waals surface area contributed by atoms with E-state index in [0.717, 1.165) is 31.2 Å². The van der Waals surface area contributed by atoms with E-state index in [-0.39, 0.29) is 24.4 Å². The number of benzene rings is 1. The Bertz CT molecular complexity index is 577. The van der Waals surface area contributed by atoms with Gasteiger partial charge in [0.2, 0.25) is 11.8 Å². The van der Waals surface area contributed by atoms with E-state index in [0.29, 0.717) is 18.7 Å². The zero-order valence-electron chi connectivity index (χ0n) is 14.2. The van der Waals surface area contributed by atoms with Gasteiger partial charge in [0.1, 0.15) is 0 Å². The van der Waals surface area contributed by atoms with Crippen LogP contribution in [0.4, 0.5) is 0 Å². The zero-order valence-corrected chi connectivity index (χ0v) is 15.0. The van der Waals surface area contributed by atoms with Crippen LogP contribution in [0.1, 0.15) is 43.7 Å². The molecule has 0 aliphatic carbocycles. The van der Waals surface area contributed by atoms with Crippen molar-refractivity contribution < 1.29 is 13.8 Å². The lowest BCUT2D eigenvalue weighted by molar-refractivity contribution is -0.136. The van der Waals surface area contributed by atoms with Gasteiger partial charge in [-0.15, -0.1) is 0 Å². The molecule has 1 heterocycles. The van der Waals surface area contributed by atoms with Gasteiger partial charge in [-0.25, -0.2) is 0 Å². The van der Waals surface area contributed by atoms with Crippen molar-refractivity contribution in [2.24, 2.45) is 0 Å². The first kappa shape index (κ1) is 18.6. The first-order chi connectivity index (χ1) is 11.6. The fourth-order valence-corrected chi connectivity index (χ4v) is 3.68. The summed E-state index contributed by atoms with van der Waals surface area (Å²) in [6.45, 7) is 0.723. The van der Waals surface area contributed by atoms with Crippen molar-refractivity contribution in [3.63, 3.8) is 0 Å². The smallest absolute Gasteiger partial charge is 0.240 e. The van der Waals surface area contributed by atoms with E-state index in [4.69, 9.17) is 0 Å². The maximum absolute atomic E-state index is 12.4. The second-order valence-electron chi connectivity index (χ2n) is 6.25. The highest BCUT2D eigenvalue weighted by Gasteiger charge is 2.21. The van der Waals surface area contributed by atoms with E-state index in [9.17, 15) is 13.8 Å². The fourth-order valence-electron chi connectivity index (χ4n) is 2.94. The lowest BCUT2D eigenvalue weighted by atomic mass is 10.1. The molecule has 132 valence electrons. The predicted molar refractivity (Wildman–Crippen MR) is 95.9 cm³/mol. The SMILES string of the molecule is C[S@@](=O)C[C@H](NC(=O)CN1CCCCCCC1=O)c1ccccc1. The molecule has 0 spiro atoms. The van der Waals surface area contributed by atoms with Crippen molar-refractivity contribution >= 4 is 22.6 Å². The van der Waals surface area contributed by atoms with Gasteiger partial charge in [-0.1, -0.05) is 43.2 Å². The van der Waals surface area contributed by atoms with Crippen molar-refractivity contribution in [2.45, 2.75) is 38.1 Å². The summed E-state index contributed by atoms with van der Waals surface area (Å²) in [5.41, 5.74) is 0.931. The van der Waals surface area contributed by atoms with Gasteiger partial charge in [0.05, 0.1) is 12.6 Å². The van der Waals surface area contributed by atoms with E-state index in [2.05, 4.69) is 5.32 Å². The number of hydrogen-bond acceptors (Lipinski definition) is 3. The first-order valence-corrected chi connectivity index (χ1v) is 10.2. The number of rotatable bonds is 6. The molecule has 1 aliphatic rings. The summed E-state index contributed by atoms with van der Waals surface area (Å²) in [6, 6.07) is 9.24. The Morgan fingerprint density at radius 2 is 1.92 bits per heavy atom. The summed E-state index contributed by atoms with van der Waals surface area (Å²) in [5, 5.41) is 2.94. The molecule has 1 aliphatic heterocycles.